The fraction of sp³-hybridized carbons (Fsp3) is 0.400. The molecule has 0 saturated carbocycles. The van der Waals surface area contributed by atoms with Crippen LogP contribution < -0.4 is 5.73 Å². The molecule has 0 amide bonds. The lowest BCUT2D eigenvalue weighted by molar-refractivity contribution is -0.00468. The molecule has 0 heterocycles. The van der Waals surface area contributed by atoms with Crippen molar-refractivity contribution < 1.29 is 13.6 Å². The van der Waals surface area contributed by atoms with E-state index in [0.29, 0.717) is 17.4 Å². The number of rotatable bonds is 6. The van der Waals surface area contributed by atoms with Gasteiger partial charge in [-0.2, -0.15) is 0 Å². The second-order valence-electron chi connectivity index (χ2n) is 3.42. The average Bonchev–Trinajstić information content (AvgIpc) is 2.28. The van der Waals surface area contributed by atoms with E-state index in [1.54, 1.807) is 24.3 Å². The van der Waals surface area contributed by atoms with E-state index in [-0.39, 0.29) is 12.3 Å². The van der Waals surface area contributed by atoms with Crippen molar-refractivity contribution in [3.63, 3.8) is 0 Å². The van der Waals surface area contributed by atoms with Gasteiger partial charge in [0.2, 0.25) is 10.0 Å². The van der Waals surface area contributed by atoms with Crippen LogP contribution >= 0.6 is 0 Å². The number of nitrogens with two attached hydrogens (primary N) is 1. The minimum absolute atomic E-state index is 0.0340. The summed E-state index contributed by atoms with van der Waals surface area (Å²) in [6.45, 7) is 0.256. The fourth-order valence-electron chi connectivity index (χ4n) is 1.21. The molecular formula is C10H16N2O3S. The molecule has 6 heteroatoms. The van der Waals surface area contributed by atoms with E-state index in [4.69, 9.17) is 5.73 Å². The maximum absolute atomic E-state index is 11.5. The van der Waals surface area contributed by atoms with Crippen LogP contribution in [0.25, 0.3) is 0 Å². The standard InChI is InChI=1S/C10H16N2O3S/c11-7-4-8-16(14,15)12(13)9-10-5-2-1-3-6-10/h1-3,5-6,13H,4,7-9,11H2. The lowest BCUT2D eigenvalue weighted by Gasteiger charge is -2.14. The Labute approximate surface area is 95.5 Å². The third-order valence-corrected chi connectivity index (χ3v) is 3.66. The first-order valence-electron chi connectivity index (χ1n) is 4.99. The third kappa shape index (κ3) is 3.90. The van der Waals surface area contributed by atoms with Gasteiger partial charge in [-0.05, 0) is 18.5 Å². The van der Waals surface area contributed by atoms with Crippen LogP contribution in [0.1, 0.15) is 12.0 Å². The zero-order chi connectivity index (χ0) is 12.0. The van der Waals surface area contributed by atoms with Crippen molar-refractivity contribution in [3.8, 4) is 0 Å². The van der Waals surface area contributed by atoms with E-state index in [0.717, 1.165) is 5.56 Å². The zero-order valence-corrected chi connectivity index (χ0v) is 9.73. The Morgan fingerprint density at radius 1 is 1.25 bits per heavy atom. The van der Waals surface area contributed by atoms with Gasteiger partial charge in [0, 0.05) is 0 Å². The molecule has 1 aromatic rings. The summed E-state index contributed by atoms with van der Waals surface area (Å²) < 4.78 is 23.4. The third-order valence-electron chi connectivity index (χ3n) is 2.09. The van der Waals surface area contributed by atoms with Crippen molar-refractivity contribution >= 4 is 10.0 Å². The summed E-state index contributed by atoms with van der Waals surface area (Å²) in [4.78, 5) is 0. The highest BCUT2D eigenvalue weighted by atomic mass is 32.2. The molecule has 0 unspecified atom stereocenters. The Balaban J connectivity index is 2.61. The molecule has 90 valence electrons. The second kappa shape index (κ2) is 5.95. The number of hydrogen-bond acceptors (Lipinski definition) is 4. The number of hydroxylamine groups is 1. The molecule has 0 saturated heterocycles. The van der Waals surface area contributed by atoms with Crippen molar-refractivity contribution in [1.82, 2.24) is 4.47 Å². The molecule has 3 N–H and O–H groups in total. The monoisotopic (exact) mass is 244 g/mol. The first-order chi connectivity index (χ1) is 7.56. The Morgan fingerprint density at radius 3 is 2.44 bits per heavy atom. The Kier molecular flexibility index (Phi) is 4.88. The van der Waals surface area contributed by atoms with Gasteiger partial charge in [0.05, 0.1) is 12.3 Å². The molecule has 1 rings (SSSR count). The zero-order valence-electron chi connectivity index (χ0n) is 8.91. The average molecular weight is 244 g/mol. The highest BCUT2D eigenvalue weighted by Gasteiger charge is 2.19. The lowest BCUT2D eigenvalue weighted by Crippen LogP contribution is -2.30. The van der Waals surface area contributed by atoms with Gasteiger partial charge in [-0.25, -0.2) is 8.42 Å². The largest absolute Gasteiger partial charge is 0.330 e. The molecule has 0 atom stereocenters. The Bertz CT molecular complexity index is 405. The van der Waals surface area contributed by atoms with Crippen LogP contribution in [0.4, 0.5) is 0 Å². The van der Waals surface area contributed by atoms with E-state index in [9.17, 15) is 13.6 Å². The number of benzene rings is 1. The van der Waals surface area contributed by atoms with Gasteiger partial charge in [0.25, 0.3) is 0 Å². The van der Waals surface area contributed by atoms with Crippen LogP contribution in [-0.2, 0) is 16.6 Å². The fourth-order valence-corrected chi connectivity index (χ4v) is 2.30. The normalized spacial score (nSPS) is 11.9. The van der Waals surface area contributed by atoms with Crippen LogP contribution in [-0.4, -0.2) is 30.4 Å². The molecule has 0 aliphatic carbocycles. The van der Waals surface area contributed by atoms with Gasteiger partial charge in [0.1, 0.15) is 0 Å². The summed E-state index contributed by atoms with van der Waals surface area (Å²) in [6.07, 6.45) is 0.341. The lowest BCUT2D eigenvalue weighted by atomic mass is 10.2. The van der Waals surface area contributed by atoms with Crippen molar-refractivity contribution in [2.24, 2.45) is 5.73 Å². The molecule has 0 aliphatic heterocycles. The van der Waals surface area contributed by atoms with Gasteiger partial charge < -0.3 is 5.73 Å². The number of nitrogens with zero attached hydrogens (tertiary/aromatic N) is 1. The van der Waals surface area contributed by atoms with Gasteiger partial charge >= 0.3 is 0 Å². The minimum atomic E-state index is -3.61. The van der Waals surface area contributed by atoms with Crippen molar-refractivity contribution in [2.45, 2.75) is 13.0 Å². The molecule has 16 heavy (non-hydrogen) atoms. The van der Waals surface area contributed by atoms with E-state index in [2.05, 4.69) is 0 Å². The van der Waals surface area contributed by atoms with Gasteiger partial charge in [-0.15, -0.1) is 0 Å². The van der Waals surface area contributed by atoms with E-state index in [1.165, 1.54) is 0 Å². The van der Waals surface area contributed by atoms with Gasteiger partial charge in [0.15, 0.2) is 0 Å². The topological polar surface area (TPSA) is 83.6 Å². The predicted octanol–water partition coefficient (Wildman–Crippen LogP) is 0.556. The van der Waals surface area contributed by atoms with E-state index >= 15 is 0 Å². The van der Waals surface area contributed by atoms with Crippen LogP contribution in [0, 0.1) is 0 Å². The number of hydrogen-bond donors (Lipinski definition) is 2. The predicted molar refractivity (Wildman–Crippen MR) is 61.2 cm³/mol. The molecule has 0 aliphatic rings. The van der Waals surface area contributed by atoms with Crippen molar-refractivity contribution in [1.29, 1.82) is 0 Å². The summed E-state index contributed by atoms with van der Waals surface area (Å²) in [6, 6.07) is 8.91. The molecule has 0 radical (unpaired) electrons. The molecule has 0 spiro atoms. The maximum Gasteiger partial charge on any atom is 0.236 e. The summed E-state index contributed by atoms with van der Waals surface area (Å²) >= 11 is 0. The van der Waals surface area contributed by atoms with Crippen molar-refractivity contribution in [2.75, 3.05) is 12.3 Å². The van der Waals surface area contributed by atoms with Crippen molar-refractivity contribution in [3.05, 3.63) is 35.9 Å². The molecule has 0 aromatic heterocycles. The molecule has 0 fully saturated rings. The first-order valence-corrected chi connectivity index (χ1v) is 6.60. The van der Waals surface area contributed by atoms with Gasteiger partial charge in [-0.3, -0.25) is 5.21 Å². The maximum atomic E-state index is 11.5. The molecule has 5 nitrogen and oxygen atoms in total. The SMILES string of the molecule is NCCCS(=O)(=O)N(O)Cc1ccccc1. The van der Waals surface area contributed by atoms with E-state index in [1.807, 2.05) is 6.07 Å². The van der Waals surface area contributed by atoms with Gasteiger partial charge in [-0.1, -0.05) is 34.8 Å². The molecule has 0 bridgehead atoms. The van der Waals surface area contributed by atoms with Crippen LogP contribution in [0.2, 0.25) is 0 Å². The van der Waals surface area contributed by atoms with Crippen LogP contribution in [0.3, 0.4) is 0 Å². The summed E-state index contributed by atoms with van der Waals surface area (Å²) in [5.41, 5.74) is 5.96. The first kappa shape index (κ1) is 13.1. The Hall–Kier alpha value is -0.950. The Morgan fingerprint density at radius 2 is 1.88 bits per heavy atom. The smallest absolute Gasteiger partial charge is 0.236 e. The minimum Gasteiger partial charge on any atom is -0.330 e. The summed E-state index contributed by atoms with van der Waals surface area (Å²) in [5.74, 6) is -0.132. The van der Waals surface area contributed by atoms with Crippen LogP contribution in [0.15, 0.2) is 30.3 Å². The highest BCUT2D eigenvalue weighted by molar-refractivity contribution is 7.88. The summed E-state index contributed by atoms with van der Waals surface area (Å²) in [7, 11) is -3.61. The quantitative estimate of drug-likeness (QED) is 0.716. The summed E-state index contributed by atoms with van der Waals surface area (Å²) in [5, 5.41) is 9.46. The second-order valence-corrected chi connectivity index (χ2v) is 5.42. The molecule has 1 aromatic carbocycles. The molecular weight excluding hydrogens is 228 g/mol. The highest BCUT2D eigenvalue weighted by Crippen LogP contribution is 2.07. The van der Waals surface area contributed by atoms with Crippen LogP contribution in [0.5, 0.6) is 0 Å². The van der Waals surface area contributed by atoms with E-state index < -0.39 is 10.0 Å². The number of sulfonamides is 1.